The van der Waals surface area contributed by atoms with Gasteiger partial charge in [0.2, 0.25) is 5.91 Å². The van der Waals surface area contributed by atoms with Crippen LogP contribution in [0.25, 0.3) is 0 Å². The molecule has 1 aliphatic rings. The van der Waals surface area contributed by atoms with Crippen LogP contribution in [0.1, 0.15) is 18.4 Å². The Kier molecular flexibility index (Phi) is 5.20. The number of anilines is 1. The maximum absolute atomic E-state index is 11.9. The van der Waals surface area contributed by atoms with Gasteiger partial charge in [0.05, 0.1) is 5.75 Å². The average molecular weight is 341 g/mol. The molecule has 2 aromatic carbocycles. The van der Waals surface area contributed by atoms with Crippen LogP contribution in [0.15, 0.2) is 53.4 Å². The molecule has 3 rings (SSSR count). The molecule has 1 fully saturated rings. The number of nitrogens with zero attached hydrogens (tertiary/aromatic N) is 1. The van der Waals surface area contributed by atoms with Crippen molar-refractivity contribution in [1.29, 1.82) is 0 Å². The summed E-state index contributed by atoms with van der Waals surface area (Å²) in [5.74, 6) is 0.620. The zero-order valence-electron chi connectivity index (χ0n) is 13.5. The normalized spacial score (nSPS) is 14.0. The summed E-state index contributed by atoms with van der Waals surface area (Å²) in [4.78, 5) is 26.5. The minimum absolute atomic E-state index is 0.147. The Bertz CT molecular complexity index is 725. The van der Waals surface area contributed by atoms with Crippen LogP contribution in [0.4, 0.5) is 5.69 Å². The molecule has 1 saturated heterocycles. The summed E-state index contributed by atoms with van der Waals surface area (Å²) in [6.07, 6.45) is 1.50. The molecule has 1 aliphatic heterocycles. The lowest BCUT2D eigenvalue weighted by Gasteiger charge is -2.15. The van der Waals surface area contributed by atoms with E-state index in [-0.39, 0.29) is 17.6 Å². The Hall–Kier alpha value is -2.27. The van der Waals surface area contributed by atoms with Crippen LogP contribution in [0.3, 0.4) is 0 Å². The Labute approximate surface area is 145 Å². The van der Waals surface area contributed by atoms with Gasteiger partial charge in [-0.05, 0) is 49.7 Å². The van der Waals surface area contributed by atoms with E-state index in [4.69, 9.17) is 4.74 Å². The van der Waals surface area contributed by atoms with E-state index in [1.165, 1.54) is 17.3 Å². The molecule has 0 spiro atoms. The first-order chi connectivity index (χ1) is 11.6. The first kappa shape index (κ1) is 16.6. The maximum Gasteiger partial charge on any atom is 0.321 e. The molecular formula is C19H19NO3S. The van der Waals surface area contributed by atoms with Crippen molar-refractivity contribution in [3.8, 4) is 5.75 Å². The second kappa shape index (κ2) is 7.53. The molecule has 0 radical (unpaired) electrons. The molecule has 0 atom stereocenters. The molecule has 0 saturated carbocycles. The maximum atomic E-state index is 11.9. The smallest absolute Gasteiger partial charge is 0.321 e. The van der Waals surface area contributed by atoms with Crippen molar-refractivity contribution in [2.75, 3.05) is 17.2 Å². The third-order valence-corrected chi connectivity index (χ3v) is 4.82. The van der Waals surface area contributed by atoms with Crippen LogP contribution in [0.2, 0.25) is 0 Å². The van der Waals surface area contributed by atoms with Crippen LogP contribution < -0.4 is 9.64 Å². The number of rotatable bonds is 5. The zero-order valence-corrected chi connectivity index (χ0v) is 14.3. The SMILES string of the molecule is Cc1ccc(SCC(=O)Oc2ccc(N3CCCC3=O)cc2)cc1. The lowest BCUT2D eigenvalue weighted by molar-refractivity contribution is -0.131. The van der Waals surface area contributed by atoms with Crippen molar-refractivity contribution in [2.45, 2.75) is 24.7 Å². The van der Waals surface area contributed by atoms with Gasteiger partial charge in [0.25, 0.3) is 0 Å². The molecule has 124 valence electrons. The fourth-order valence-electron chi connectivity index (χ4n) is 2.55. The number of aryl methyl sites for hydroxylation is 1. The van der Waals surface area contributed by atoms with Gasteiger partial charge < -0.3 is 9.64 Å². The number of esters is 1. The van der Waals surface area contributed by atoms with Crippen LogP contribution in [-0.4, -0.2) is 24.2 Å². The van der Waals surface area contributed by atoms with Gasteiger partial charge in [0, 0.05) is 23.5 Å². The summed E-state index contributed by atoms with van der Waals surface area (Å²) in [5.41, 5.74) is 2.05. The highest BCUT2D eigenvalue weighted by Gasteiger charge is 2.21. The fraction of sp³-hybridized carbons (Fsp3) is 0.263. The van der Waals surface area contributed by atoms with Crippen molar-refractivity contribution in [2.24, 2.45) is 0 Å². The van der Waals surface area contributed by atoms with Gasteiger partial charge in [-0.25, -0.2) is 0 Å². The first-order valence-corrected chi connectivity index (χ1v) is 8.91. The largest absolute Gasteiger partial charge is 0.426 e. The van der Waals surface area contributed by atoms with E-state index >= 15 is 0 Å². The van der Waals surface area contributed by atoms with E-state index in [1.54, 1.807) is 17.0 Å². The number of amides is 1. The van der Waals surface area contributed by atoms with Crippen molar-refractivity contribution in [3.05, 3.63) is 54.1 Å². The monoisotopic (exact) mass is 341 g/mol. The van der Waals surface area contributed by atoms with E-state index in [0.717, 1.165) is 23.5 Å². The molecule has 0 unspecified atom stereocenters. The van der Waals surface area contributed by atoms with E-state index in [1.807, 2.05) is 43.3 Å². The predicted octanol–water partition coefficient (Wildman–Crippen LogP) is 3.82. The lowest BCUT2D eigenvalue weighted by Crippen LogP contribution is -2.23. The highest BCUT2D eigenvalue weighted by molar-refractivity contribution is 8.00. The molecule has 1 heterocycles. The van der Waals surface area contributed by atoms with Crippen molar-refractivity contribution >= 4 is 29.3 Å². The lowest BCUT2D eigenvalue weighted by atomic mass is 10.2. The van der Waals surface area contributed by atoms with E-state index in [2.05, 4.69) is 0 Å². The predicted molar refractivity (Wildman–Crippen MR) is 95.6 cm³/mol. The van der Waals surface area contributed by atoms with Crippen molar-refractivity contribution < 1.29 is 14.3 Å². The summed E-state index contributed by atoms with van der Waals surface area (Å²) in [6, 6.07) is 15.1. The summed E-state index contributed by atoms with van der Waals surface area (Å²) >= 11 is 1.45. The van der Waals surface area contributed by atoms with Crippen LogP contribution in [-0.2, 0) is 9.59 Å². The number of hydrogen-bond donors (Lipinski definition) is 0. The number of benzene rings is 2. The first-order valence-electron chi connectivity index (χ1n) is 7.92. The van der Waals surface area contributed by atoms with Gasteiger partial charge in [0.1, 0.15) is 5.75 Å². The second-order valence-electron chi connectivity index (χ2n) is 5.72. The van der Waals surface area contributed by atoms with Gasteiger partial charge >= 0.3 is 5.97 Å². The van der Waals surface area contributed by atoms with Gasteiger partial charge in [0.15, 0.2) is 0 Å². The zero-order chi connectivity index (χ0) is 16.9. The minimum atomic E-state index is -0.287. The average Bonchev–Trinajstić information content (AvgIpc) is 3.01. The number of thioether (sulfide) groups is 1. The molecule has 4 nitrogen and oxygen atoms in total. The Morgan fingerprint density at radius 1 is 1.12 bits per heavy atom. The molecule has 5 heteroatoms. The summed E-state index contributed by atoms with van der Waals surface area (Å²) in [6.45, 7) is 2.78. The summed E-state index contributed by atoms with van der Waals surface area (Å²) in [5, 5.41) is 0. The Morgan fingerprint density at radius 3 is 2.46 bits per heavy atom. The third-order valence-electron chi connectivity index (χ3n) is 3.83. The summed E-state index contributed by atoms with van der Waals surface area (Å²) < 4.78 is 5.34. The molecule has 24 heavy (non-hydrogen) atoms. The van der Waals surface area contributed by atoms with E-state index < -0.39 is 0 Å². The number of hydrogen-bond acceptors (Lipinski definition) is 4. The molecule has 0 aliphatic carbocycles. The van der Waals surface area contributed by atoms with Crippen molar-refractivity contribution in [1.82, 2.24) is 0 Å². The molecule has 0 bridgehead atoms. The third kappa shape index (κ3) is 4.17. The standard InChI is InChI=1S/C19H19NO3S/c1-14-4-10-17(11-5-14)24-13-19(22)23-16-8-6-15(7-9-16)20-12-2-3-18(20)21/h4-11H,2-3,12-13H2,1H3. The molecule has 0 N–H and O–H groups in total. The molecular weight excluding hydrogens is 322 g/mol. The van der Waals surface area contributed by atoms with Gasteiger partial charge in [-0.15, -0.1) is 11.8 Å². The fourth-order valence-corrected chi connectivity index (χ4v) is 3.22. The van der Waals surface area contributed by atoms with Gasteiger partial charge in [-0.3, -0.25) is 9.59 Å². The minimum Gasteiger partial charge on any atom is -0.426 e. The van der Waals surface area contributed by atoms with Crippen LogP contribution in [0.5, 0.6) is 5.75 Å². The summed E-state index contributed by atoms with van der Waals surface area (Å²) in [7, 11) is 0. The van der Waals surface area contributed by atoms with Gasteiger partial charge in [-0.2, -0.15) is 0 Å². The van der Waals surface area contributed by atoms with Crippen molar-refractivity contribution in [3.63, 3.8) is 0 Å². The van der Waals surface area contributed by atoms with Crippen LogP contribution in [0, 0.1) is 6.92 Å². The number of carbonyl (C=O) groups is 2. The number of carbonyl (C=O) groups excluding carboxylic acids is 2. The van der Waals surface area contributed by atoms with E-state index in [9.17, 15) is 9.59 Å². The topological polar surface area (TPSA) is 46.6 Å². The van der Waals surface area contributed by atoms with Gasteiger partial charge in [-0.1, -0.05) is 17.7 Å². The number of ether oxygens (including phenoxy) is 1. The second-order valence-corrected chi connectivity index (χ2v) is 6.77. The van der Waals surface area contributed by atoms with E-state index in [0.29, 0.717) is 12.2 Å². The quantitative estimate of drug-likeness (QED) is 0.471. The Balaban J connectivity index is 1.52. The highest BCUT2D eigenvalue weighted by atomic mass is 32.2. The van der Waals surface area contributed by atoms with Crippen LogP contribution >= 0.6 is 11.8 Å². The molecule has 2 aromatic rings. The highest BCUT2D eigenvalue weighted by Crippen LogP contribution is 2.24. The Morgan fingerprint density at radius 2 is 1.83 bits per heavy atom. The molecule has 1 amide bonds. The molecule has 0 aromatic heterocycles.